The van der Waals surface area contributed by atoms with Gasteiger partial charge < -0.3 is 4.55 Å². The smallest absolute Gasteiger partial charge is 0.302 e. The quantitative estimate of drug-likeness (QED) is 0.567. The molecule has 7 heteroatoms. The van der Waals surface area contributed by atoms with Crippen molar-refractivity contribution in [1.82, 2.24) is 0 Å². The molecule has 1 unspecified atom stereocenters. The van der Waals surface area contributed by atoms with Gasteiger partial charge in [0.05, 0.1) is 10.5 Å². The van der Waals surface area contributed by atoms with Crippen molar-refractivity contribution in [2.24, 2.45) is 0 Å². The van der Waals surface area contributed by atoms with E-state index in [4.69, 9.17) is 12.4 Å². The van der Waals surface area contributed by atoms with Crippen LogP contribution in [-0.2, 0) is 17.3 Å². The molecule has 0 heterocycles. The zero-order valence-electron chi connectivity index (χ0n) is 6.71. The molecule has 0 aliphatic carbocycles. The zero-order chi connectivity index (χ0) is 10.9. The molecule has 1 N–H and O–H groups in total. The van der Waals surface area contributed by atoms with Crippen LogP contribution in [0.5, 0.6) is 0 Å². The van der Waals surface area contributed by atoms with Crippen molar-refractivity contribution >= 4 is 24.4 Å². The molecular formula is C7H4BF3O2S. The van der Waals surface area contributed by atoms with Gasteiger partial charge in [0.15, 0.2) is 11.1 Å². The lowest BCUT2D eigenvalue weighted by Gasteiger charge is -2.08. The van der Waals surface area contributed by atoms with Gasteiger partial charge in [-0.3, -0.25) is 0 Å². The number of rotatable bonds is 1. The molecule has 2 radical (unpaired) electrons. The highest BCUT2D eigenvalue weighted by Crippen LogP contribution is 2.28. The van der Waals surface area contributed by atoms with Gasteiger partial charge in [0.1, 0.15) is 7.85 Å². The molecule has 0 fully saturated rings. The summed E-state index contributed by atoms with van der Waals surface area (Å²) in [5, 5.41) is 0. The standard InChI is InChI=1S/C7H4BF3O2S/c8-5-3-4(7(9,10)11)1-2-6(5)14(12)13/h1-3H,(H,12,13). The fourth-order valence-corrected chi connectivity index (χ4v) is 1.33. The topological polar surface area (TPSA) is 37.3 Å². The third-order valence-corrected chi connectivity index (χ3v) is 2.27. The molecule has 2 nitrogen and oxygen atoms in total. The van der Waals surface area contributed by atoms with Crippen LogP contribution in [0.2, 0.25) is 0 Å². The summed E-state index contributed by atoms with van der Waals surface area (Å²) in [6, 6.07) is 2.22. The molecule has 0 aliphatic heterocycles. The molecule has 1 aromatic rings. The molecule has 1 aromatic carbocycles. The summed E-state index contributed by atoms with van der Waals surface area (Å²) in [6.07, 6.45) is -4.50. The van der Waals surface area contributed by atoms with Crippen molar-refractivity contribution in [3.8, 4) is 0 Å². The highest BCUT2D eigenvalue weighted by atomic mass is 32.2. The van der Waals surface area contributed by atoms with Crippen LogP contribution in [0.1, 0.15) is 5.56 Å². The first-order valence-electron chi connectivity index (χ1n) is 3.40. The monoisotopic (exact) mass is 220 g/mol. The predicted molar refractivity (Wildman–Crippen MR) is 45.9 cm³/mol. The Morgan fingerprint density at radius 1 is 1.36 bits per heavy atom. The molecule has 0 saturated heterocycles. The van der Waals surface area contributed by atoms with E-state index in [0.717, 1.165) is 6.07 Å². The SMILES string of the molecule is [B]c1cc(C(F)(F)F)ccc1S(=O)O. The Morgan fingerprint density at radius 2 is 1.93 bits per heavy atom. The van der Waals surface area contributed by atoms with E-state index >= 15 is 0 Å². The molecular weight excluding hydrogens is 216 g/mol. The van der Waals surface area contributed by atoms with Crippen molar-refractivity contribution in [3.05, 3.63) is 23.8 Å². The van der Waals surface area contributed by atoms with Crippen LogP contribution in [0, 0.1) is 0 Å². The third kappa shape index (κ3) is 2.36. The third-order valence-electron chi connectivity index (χ3n) is 1.53. The number of halogens is 3. The molecule has 0 spiro atoms. The summed E-state index contributed by atoms with van der Waals surface area (Å²) in [5.74, 6) is 0. The molecule has 74 valence electrons. The number of hydrogen-bond donors (Lipinski definition) is 1. The molecule has 14 heavy (non-hydrogen) atoms. The first-order valence-corrected chi connectivity index (χ1v) is 4.50. The molecule has 0 aliphatic rings. The van der Waals surface area contributed by atoms with Gasteiger partial charge >= 0.3 is 6.18 Å². The molecule has 1 rings (SSSR count). The maximum absolute atomic E-state index is 12.1. The van der Waals surface area contributed by atoms with Crippen LogP contribution in [0.4, 0.5) is 13.2 Å². The maximum Gasteiger partial charge on any atom is 0.416 e. The minimum Gasteiger partial charge on any atom is -0.302 e. The van der Waals surface area contributed by atoms with E-state index in [1.165, 1.54) is 0 Å². The van der Waals surface area contributed by atoms with Gasteiger partial charge in [0, 0.05) is 0 Å². The van der Waals surface area contributed by atoms with E-state index in [1.807, 2.05) is 0 Å². The summed E-state index contributed by atoms with van der Waals surface area (Å²) < 4.78 is 55.5. The Balaban J connectivity index is 3.20. The van der Waals surface area contributed by atoms with E-state index in [9.17, 15) is 17.4 Å². The van der Waals surface area contributed by atoms with Gasteiger partial charge in [-0.05, 0) is 12.1 Å². The molecule has 0 bridgehead atoms. The minimum atomic E-state index is -4.50. The second-order valence-electron chi connectivity index (χ2n) is 2.50. The molecule has 0 saturated carbocycles. The van der Waals surface area contributed by atoms with E-state index in [1.54, 1.807) is 0 Å². The van der Waals surface area contributed by atoms with Crippen molar-refractivity contribution in [2.45, 2.75) is 11.1 Å². The Kier molecular flexibility index (Phi) is 3.01. The van der Waals surface area contributed by atoms with Crippen molar-refractivity contribution in [1.29, 1.82) is 0 Å². The minimum absolute atomic E-state index is 0.224. The van der Waals surface area contributed by atoms with E-state index < -0.39 is 22.8 Å². The van der Waals surface area contributed by atoms with E-state index in [0.29, 0.717) is 12.1 Å². The molecule has 0 amide bonds. The summed E-state index contributed by atoms with van der Waals surface area (Å²) in [6.45, 7) is 0. The van der Waals surface area contributed by atoms with Crippen molar-refractivity contribution in [2.75, 3.05) is 0 Å². The fourth-order valence-electron chi connectivity index (χ4n) is 0.884. The lowest BCUT2D eigenvalue weighted by Crippen LogP contribution is -2.16. The number of benzene rings is 1. The lowest BCUT2D eigenvalue weighted by molar-refractivity contribution is -0.137. The maximum atomic E-state index is 12.1. The van der Waals surface area contributed by atoms with Gasteiger partial charge in [-0.1, -0.05) is 11.5 Å². The van der Waals surface area contributed by atoms with E-state index in [2.05, 4.69) is 0 Å². The summed E-state index contributed by atoms with van der Waals surface area (Å²) in [7, 11) is 5.17. The van der Waals surface area contributed by atoms with Crippen molar-refractivity contribution in [3.63, 3.8) is 0 Å². The average molecular weight is 220 g/mol. The van der Waals surface area contributed by atoms with Crippen molar-refractivity contribution < 1.29 is 21.9 Å². The Morgan fingerprint density at radius 3 is 2.29 bits per heavy atom. The number of hydrogen-bond acceptors (Lipinski definition) is 1. The summed E-state index contributed by atoms with van der Waals surface area (Å²) in [4.78, 5) is -0.224. The van der Waals surface area contributed by atoms with Crippen LogP contribution in [-0.4, -0.2) is 16.6 Å². The van der Waals surface area contributed by atoms with Gasteiger partial charge in [-0.15, -0.1) is 0 Å². The second kappa shape index (κ2) is 3.74. The first-order chi connectivity index (χ1) is 6.32. The number of alkyl halides is 3. The zero-order valence-corrected chi connectivity index (χ0v) is 7.52. The largest absolute Gasteiger partial charge is 0.416 e. The van der Waals surface area contributed by atoms with Crippen LogP contribution >= 0.6 is 0 Å². The fraction of sp³-hybridized carbons (Fsp3) is 0.143. The molecule has 1 atom stereocenters. The van der Waals surface area contributed by atoms with Crippen LogP contribution in [0.3, 0.4) is 0 Å². The average Bonchev–Trinajstić information content (AvgIpc) is 2.01. The Labute approximate surface area is 81.8 Å². The summed E-state index contributed by atoms with van der Waals surface area (Å²) in [5.41, 5.74) is -1.29. The predicted octanol–water partition coefficient (Wildman–Crippen LogP) is 1.08. The van der Waals surface area contributed by atoms with Crippen LogP contribution < -0.4 is 5.46 Å². The van der Waals surface area contributed by atoms with Gasteiger partial charge in [0.25, 0.3) is 0 Å². The highest BCUT2D eigenvalue weighted by Gasteiger charge is 2.30. The van der Waals surface area contributed by atoms with Gasteiger partial charge in [-0.2, -0.15) is 13.2 Å². The Bertz CT molecular complexity index is 378. The normalized spacial score (nSPS) is 14.0. The first kappa shape index (κ1) is 11.3. The lowest BCUT2D eigenvalue weighted by atomic mass is 9.94. The second-order valence-corrected chi connectivity index (χ2v) is 3.44. The van der Waals surface area contributed by atoms with Gasteiger partial charge in [0.2, 0.25) is 0 Å². The summed E-state index contributed by atoms with van der Waals surface area (Å²) >= 11 is -2.37. The van der Waals surface area contributed by atoms with E-state index in [-0.39, 0.29) is 10.4 Å². The van der Waals surface area contributed by atoms with Crippen LogP contribution in [0.25, 0.3) is 0 Å². The highest BCUT2D eigenvalue weighted by molar-refractivity contribution is 7.79. The van der Waals surface area contributed by atoms with Crippen LogP contribution in [0.15, 0.2) is 23.1 Å². The van der Waals surface area contributed by atoms with Gasteiger partial charge in [-0.25, -0.2) is 4.21 Å². The Hall–Kier alpha value is -0.815. The molecule has 0 aromatic heterocycles.